The molecule has 0 aliphatic carbocycles. The summed E-state index contributed by atoms with van der Waals surface area (Å²) in [6.45, 7) is 3.58. The Bertz CT molecular complexity index is 467. The summed E-state index contributed by atoms with van der Waals surface area (Å²) in [5.74, 6) is 0.519. The molecular weight excluding hydrogens is 299 g/mol. The topological polar surface area (TPSA) is 56.9 Å². The van der Waals surface area contributed by atoms with E-state index < -0.39 is 12.6 Å². The molecule has 1 aliphatic heterocycles. The lowest BCUT2D eigenvalue weighted by Crippen LogP contribution is -2.52. The van der Waals surface area contributed by atoms with Gasteiger partial charge in [-0.2, -0.15) is 13.2 Å². The first-order chi connectivity index (χ1) is 10.5. The molecule has 0 saturated carbocycles. The van der Waals surface area contributed by atoms with Crippen molar-refractivity contribution in [1.29, 1.82) is 0 Å². The van der Waals surface area contributed by atoms with Crippen LogP contribution in [0.3, 0.4) is 0 Å². The molecule has 0 unspecified atom stereocenters. The van der Waals surface area contributed by atoms with Gasteiger partial charge in [-0.1, -0.05) is 5.16 Å². The maximum atomic E-state index is 12.2. The molecule has 1 aromatic rings. The predicted octanol–water partition coefficient (Wildman–Crippen LogP) is 1.32. The zero-order chi connectivity index (χ0) is 16.0. The second-order valence-corrected chi connectivity index (χ2v) is 5.09. The quantitative estimate of drug-likeness (QED) is 0.670. The van der Waals surface area contributed by atoms with Crippen molar-refractivity contribution >= 4 is 5.96 Å². The van der Waals surface area contributed by atoms with Crippen molar-refractivity contribution in [1.82, 2.24) is 20.3 Å². The summed E-state index contributed by atoms with van der Waals surface area (Å²) in [7, 11) is 1.58. The molecule has 124 valence electrons. The van der Waals surface area contributed by atoms with E-state index in [2.05, 4.69) is 20.4 Å². The molecule has 0 atom stereocenters. The highest BCUT2D eigenvalue weighted by atomic mass is 19.4. The van der Waals surface area contributed by atoms with E-state index in [1.165, 1.54) is 6.26 Å². The van der Waals surface area contributed by atoms with Crippen LogP contribution in [-0.2, 0) is 6.54 Å². The van der Waals surface area contributed by atoms with Crippen molar-refractivity contribution in [3.63, 3.8) is 0 Å². The third-order valence-electron chi connectivity index (χ3n) is 3.45. The molecule has 0 radical (unpaired) electrons. The number of guanidine groups is 1. The molecule has 2 heterocycles. The molecule has 0 amide bonds. The van der Waals surface area contributed by atoms with Crippen LogP contribution in [-0.4, -0.2) is 66.9 Å². The standard InChI is InChI=1S/C13H20F3N5O/c1-17-12(18-4-3-13(14,15)16)21-7-5-20(6-8-21)10-11-2-9-22-19-11/h2,9H,3-8,10H2,1H3,(H,17,18). The Morgan fingerprint density at radius 1 is 1.36 bits per heavy atom. The van der Waals surface area contributed by atoms with Gasteiger partial charge in [0, 0.05) is 52.4 Å². The number of rotatable bonds is 4. The first kappa shape index (κ1) is 16.6. The highest BCUT2D eigenvalue weighted by Gasteiger charge is 2.27. The van der Waals surface area contributed by atoms with Gasteiger partial charge in [-0.25, -0.2) is 0 Å². The fourth-order valence-electron chi connectivity index (χ4n) is 2.31. The van der Waals surface area contributed by atoms with Crippen LogP contribution in [0.4, 0.5) is 13.2 Å². The van der Waals surface area contributed by atoms with Crippen LogP contribution >= 0.6 is 0 Å². The molecule has 2 rings (SSSR count). The molecule has 1 N–H and O–H groups in total. The number of nitrogens with one attached hydrogen (secondary N) is 1. The van der Waals surface area contributed by atoms with E-state index in [0.717, 1.165) is 18.8 Å². The Hall–Kier alpha value is -1.77. The normalized spacial score (nSPS) is 17.8. The number of aliphatic imine (C=N–C) groups is 1. The number of aromatic nitrogens is 1. The zero-order valence-corrected chi connectivity index (χ0v) is 12.4. The fraction of sp³-hybridized carbons (Fsp3) is 0.692. The molecule has 0 aromatic carbocycles. The summed E-state index contributed by atoms with van der Waals surface area (Å²) < 4.78 is 41.3. The van der Waals surface area contributed by atoms with Crippen molar-refractivity contribution in [3.05, 3.63) is 18.0 Å². The lowest BCUT2D eigenvalue weighted by atomic mass is 10.3. The summed E-state index contributed by atoms with van der Waals surface area (Å²) >= 11 is 0. The van der Waals surface area contributed by atoms with Gasteiger partial charge in [-0.3, -0.25) is 9.89 Å². The van der Waals surface area contributed by atoms with Crippen LogP contribution in [0.15, 0.2) is 21.8 Å². The molecule has 1 aromatic heterocycles. The Labute approximate surface area is 127 Å². The maximum absolute atomic E-state index is 12.2. The Morgan fingerprint density at radius 3 is 2.64 bits per heavy atom. The SMILES string of the molecule is CN=C(NCCC(F)(F)F)N1CCN(Cc2ccon2)CC1. The van der Waals surface area contributed by atoms with Gasteiger partial charge in [-0.15, -0.1) is 0 Å². The minimum atomic E-state index is -4.15. The van der Waals surface area contributed by atoms with Gasteiger partial charge in [0.1, 0.15) is 6.26 Å². The Kier molecular flexibility index (Phi) is 5.64. The van der Waals surface area contributed by atoms with Crippen LogP contribution < -0.4 is 5.32 Å². The van der Waals surface area contributed by atoms with Gasteiger partial charge in [0.25, 0.3) is 0 Å². The van der Waals surface area contributed by atoms with Crippen LogP contribution in [0.5, 0.6) is 0 Å². The van der Waals surface area contributed by atoms with E-state index in [-0.39, 0.29) is 6.54 Å². The highest BCUT2D eigenvalue weighted by molar-refractivity contribution is 5.79. The molecule has 1 fully saturated rings. The average molecular weight is 319 g/mol. The number of halogens is 3. The second kappa shape index (κ2) is 7.48. The van der Waals surface area contributed by atoms with Gasteiger partial charge in [0.05, 0.1) is 12.1 Å². The monoisotopic (exact) mass is 319 g/mol. The minimum absolute atomic E-state index is 0.157. The van der Waals surface area contributed by atoms with Gasteiger partial charge < -0.3 is 14.7 Å². The summed E-state index contributed by atoms with van der Waals surface area (Å²) in [5.41, 5.74) is 0.876. The zero-order valence-electron chi connectivity index (χ0n) is 12.4. The van der Waals surface area contributed by atoms with Gasteiger partial charge in [0.15, 0.2) is 5.96 Å². The van der Waals surface area contributed by atoms with Crippen molar-refractivity contribution in [2.45, 2.75) is 19.1 Å². The fourth-order valence-corrected chi connectivity index (χ4v) is 2.31. The first-order valence-electron chi connectivity index (χ1n) is 7.12. The Balaban J connectivity index is 1.74. The van der Waals surface area contributed by atoms with Crippen LogP contribution in [0.1, 0.15) is 12.1 Å². The molecule has 9 heteroatoms. The predicted molar refractivity (Wildman–Crippen MR) is 75.4 cm³/mol. The number of nitrogens with zero attached hydrogens (tertiary/aromatic N) is 4. The molecule has 0 bridgehead atoms. The summed E-state index contributed by atoms with van der Waals surface area (Å²) in [5, 5.41) is 6.64. The van der Waals surface area contributed by atoms with E-state index in [1.54, 1.807) is 7.05 Å². The van der Waals surface area contributed by atoms with E-state index in [9.17, 15) is 13.2 Å². The van der Waals surface area contributed by atoms with E-state index >= 15 is 0 Å². The van der Waals surface area contributed by atoms with Gasteiger partial charge in [-0.05, 0) is 0 Å². The third kappa shape index (κ3) is 5.21. The summed E-state index contributed by atoms with van der Waals surface area (Å²) in [6, 6.07) is 1.82. The molecule has 22 heavy (non-hydrogen) atoms. The number of hydrogen-bond donors (Lipinski definition) is 1. The van der Waals surface area contributed by atoms with Crippen molar-refractivity contribution in [2.75, 3.05) is 39.8 Å². The van der Waals surface area contributed by atoms with Crippen LogP contribution in [0.25, 0.3) is 0 Å². The van der Waals surface area contributed by atoms with Crippen molar-refractivity contribution in [3.8, 4) is 0 Å². The molecular formula is C13H20F3N5O. The third-order valence-corrected chi connectivity index (χ3v) is 3.45. The molecule has 0 spiro atoms. The first-order valence-corrected chi connectivity index (χ1v) is 7.12. The molecule has 1 saturated heterocycles. The molecule has 6 nitrogen and oxygen atoms in total. The Morgan fingerprint density at radius 2 is 2.09 bits per heavy atom. The molecule has 1 aliphatic rings. The van der Waals surface area contributed by atoms with Crippen molar-refractivity contribution < 1.29 is 17.7 Å². The highest BCUT2D eigenvalue weighted by Crippen LogP contribution is 2.18. The van der Waals surface area contributed by atoms with E-state index in [4.69, 9.17) is 4.52 Å². The van der Waals surface area contributed by atoms with Gasteiger partial charge in [0.2, 0.25) is 0 Å². The number of alkyl halides is 3. The van der Waals surface area contributed by atoms with Crippen LogP contribution in [0.2, 0.25) is 0 Å². The van der Waals surface area contributed by atoms with Gasteiger partial charge >= 0.3 is 6.18 Å². The summed E-state index contributed by atoms with van der Waals surface area (Å²) in [4.78, 5) is 8.24. The minimum Gasteiger partial charge on any atom is -0.364 e. The lowest BCUT2D eigenvalue weighted by molar-refractivity contribution is -0.132. The van der Waals surface area contributed by atoms with E-state index in [1.807, 2.05) is 11.0 Å². The van der Waals surface area contributed by atoms with E-state index in [0.29, 0.717) is 25.6 Å². The smallest absolute Gasteiger partial charge is 0.364 e. The largest absolute Gasteiger partial charge is 0.390 e. The average Bonchev–Trinajstić information content (AvgIpc) is 2.97. The second-order valence-electron chi connectivity index (χ2n) is 5.09. The van der Waals surface area contributed by atoms with Crippen molar-refractivity contribution in [2.24, 2.45) is 4.99 Å². The number of hydrogen-bond acceptors (Lipinski definition) is 4. The lowest BCUT2D eigenvalue weighted by Gasteiger charge is -2.36. The number of piperazine rings is 1. The maximum Gasteiger partial charge on any atom is 0.390 e. The van der Waals surface area contributed by atoms with Crippen LogP contribution in [0, 0.1) is 0 Å². The summed E-state index contributed by atoms with van der Waals surface area (Å²) in [6.07, 6.45) is -3.47.